The van der Waals surface area contributed by atoms with Crippen LogP contribution in [0.4, 0.5) is 0 Å². The maximum atomic E-state index is 12.3. The minimum Gasteiger partial charge on any atom is -0.350 e. The van der Waals surface area contributed by atoms with Crippen molar-refractivity contribution in [3.8, 4) is 0 Å². The van der Waals surface area contributed by atoms with Crippen molar-refractivity contribution in [2.75, 3.05) is 13.1 Å². The Hall–Kier alpha value is -1.62. The van der Waals surface area contributed by atoms with E-state index in [4.69, 9.17) is 11.6 Å². The van der Waals surface area contributed by atoms with Gasteiger partial charge < -0.3 is 10.2 Å². The number of aromatic nitrogens is 1. The Kier molecular flexibility index (Phi) is 5.51. The van der Waals surface area contributed by atoms with Crippen LogP contribution in [-0.2, 0) is 4.79 Å². The number of nitrogens with one attached hydrogen (secondary N) is 1. The first-order valence-electron chi connectivity index (χ1n) is 6.45. The molecule has 0 aromatic carbocycles. The van der Waals surface area contributed by atoms with Crippen molar-refractivity contribution >= 4 is 23.4 Å². The number of rotatable bonds is 4. The van der Waals surface area contributed by atoms with Crippen molar-refractivity contribution in [3.05, 3.63) is 29.0 Å². The van der Waals surface area contributed by atoms with Gasteiger partial charge in [-0.25, -0.2) is 4.98 Å². The quantitative estimate of drug-likeness (QED) is 0.866. The molecule has 0 unspecified atom stereocenters. The lowest BCUT2D eigenvalue weighted by molar-refractivity contribution is -0.123. The second-order valence-electron chi connectivity index (χ2n) is 5.49. The fraction of sp³-hybridized carbons (Fsp3) is 0.500. The molecule has 0 saturated heterocycles. The van der Waals surface area contributed by atoms with E-state index in [0.717, 1.165) is 0 Å². The minimum absolute atomic E-state index is 0.0230. The monoisotopic (exact) mass is 297 g/mol. The summed E-state index contributed by atoms with van der Waals surface area (Å²) in [5, 5.41) is 3.16. The van der Waals surface area contributed by atoms with Gasteiger partial charge in [0.2, 0.25) is 5.91 Å². The Morgan fingerprint density at radius 2 is 2.00 bits per heavy atom. The van der Waals surface area contributed by atoms with Crippen molar-refractivity contribution in [1.82, 2.24) is 15.2 Å². The predicted octanol–water partition coefficient (Wildman–Crippen LogP) is 2.11. The highest BCUT2D eigenvalue weighted by Gasteiger charge is 2.20. The molecular weight excluding hydrogens is 278 g/mol. The summed E-state index contributed by atoms with van der Waals surface area (Å²) in [6.45, 7) is 7.98. The molecule has 0 aliphatic heterocycles. The fourth-order valence-corrected chi connectivity index (χ4v) is 1.76. The third-order valence-corrected chi connectivity index (χ3v) is 2.72. The first kappa shape index (κ1) is 16.4. The summed E-state index contributed by atoms with van der Waals surface area (Å²) in [4.78, 5) is 29.5. The van der Waals surface area contributed by atoms with Gasteiger partial charge in [0.15, 0.2) is 0 Å². The van der Waals surface area contributed by atoms with Crippen molar-refractivity contribution in [1.29, 1.82) is 0 Å². The number of hydrogen-bond donors (Lipinski definition) is 1. The van der Waals surface area contributed by atoms with E-state index in [0.29, 0.717) is 17.3 Å². The number of pyridine rings is 1. The maximum Gasteiger partial charge on any atom is 0.255 e. The molecule has 0 saturated carbocycles. The lowest BCUT2D eigenvalue weighted by atomic mass is 10.1. The first-order valence-corrected chi connectivity index (χ1v) is 6.82. The third-order valence-electron chi connectivity index (χ3n) is 2.49. The largest absolute Gasteiger partial charge is 0.350 e. The molecule has 6 heteroatoms. The molecule has 2 amide bonds. The molecule has 0 aliphatic rings. The summed E-state index contributed by atoms with van der Waals surface area (Å²) >= 11 is 5.69. The Morgan fingerprint density at radius 1 is 1.35 bits per heavy atom. The van der Waals surface area contributed by atoms with Crippen LogP contribution in [0, 0.1) is 0 Å². The van der Waals surface area contributed by atoms with Crippen LogP contribution in [-0.4, -0.2) is 40.3 Å². The zero-order valence-electron chi connectivity index (χ0n) is 12.2. The van der Waals surface area contributed by atoms with E-state index in [1.807, 2.05) is 27.7 Å². The third kappa shape index (κ3) is 5.17. The normalized spacial score (nSPS) is 11.1. The summed E-state index contributed by atoms with van der Waals surface area (Å²) in [5.41, 5.74) is 0.0984. The van der Waals surface area contributed by atoms with E-state index in [2.05, 4.69) is 10.3 Å². The van der Waals surface area contributed by atoms with Gasteiger partial charge in [-0.15, -0.1) is 0 Å². The molecule has 0 radical (unpaired) electrons. The molecule has 1 N–H and O–H groups in total. The zero-order valence-corrected chi connectivity index (χ0v) is 13.0. The fourth-order valence-electron chi connectivity index (χ4n) is 1.64. The Bertz CT molecular complexity index is 480. The standard InChI is InChI=1S/C14H20ClN3O2/c1-5-18(9-12(19)17-14(2,3)4)13(20)10-6-7-11(15)16-8-10/h6-8H,5,9H2,1-4H3,(H,17,19). The first-order chi connectivity index (χ1) is 9.23. The SMILES string of the molecule is CCN(CC(=O)NC(C)(C)C)C(=O)c1ccc(Cl)nc1. The van der Waals surface area contributed by atoms with Gasteiger partial charge in [0.1, 0.15) is 5.15 Å². The van der Waals surface area contributed by atoms with Crippen LogP contribution in [0.15, 0.2) is 18.3 Å². The number of amides is 2. The minimum atomic E-state index is -0.318. The molecule has 1 aromatic heterocycles. The Morgan fingerprint density at radius 3 is 2.45 bits per heavy atom. The van der Waals surface area contributed by atoms with Gasteiger partial charge in [-0.1, -0.05) is 11.6 Å². The van der Waals surface area contributed by atoms with Gasteiger partial charge in [0.05, 0.1) is 12.1 Å². The van der Waals surface area contributed by atoms with Crippen LogP contribution in [0.3, 0.4) is 0 Å². The molecule has 1 heterocycles. The molecule has 1 rings (SSSR count). The molecule has 0 fully saturated rings. The molecule has 0 spiro atoms. The maximum absolute atomic E-state index is 12.3. The van der Waals surface area contributed by atoms with Crippen molar-refractivity contribution < 1.29 is 9.59 Å². The van der Waals surface area contributed by atoms with Gasteiger partial charge in [0, 0.05) is 18.3 Å². The number of halogens is 1. The van der Waals surface area contributed by atoms with Crippen molar-refractivity contribution in [2.45, 2.75) is 33.2 Å². The van der Waals surface area contributed by atoms with Gasteiger partial charge in [-0.3, -0.25) is 9.59 Å². The predicted molar refractivity (Wildman–Crippen MR) is 78.7 cm³/mol. The highest BCUT2D eigenvalue weighted by molar-refractivity contribution is 6.29. The lowest BCUT2D eigenvalue weighted by Gasteiger charge is -2.25. The van der Waals surface area contributed by atoms with Gasteiger partial charge in [-0.2, -0.15) is 0 Å². The van der Waals surface area contributed by atoms with Gasteiger partial charge in [0.25, 0.3) is 5.91 Å². The van der Waals surface area contributed by atoms with Gasteiger partial charge >= 0.3 is 0 Å². The number of hydrogen-bond acceptors (Lipinski definition) is 3. The average Bonchev–Trinajstić information content (AvgIpc) is 2.34. The molecule has 20 heavy (non-hydrogen) atoms. The van der Waals surface area contributed by atoms with E-state index >= 15 is 0 Å². The van der Waals surface area contributed by atoms with E-state index < -0.39 is 0 Å². The number of likely N-dealkylation sites (N-methyl/N-ethyl adjacent to an activating group) is 1. The summed E-state index contributed by atoms with van der Waals surface area (Å²) < 4.78 is 0. The van der Waals surface area contributed by atoms with Crippen LogP contribution in [0.2, 0.25) is 5.15 Å². The molecule has 0 bridgehead atoms. The number of carbonyl (C=O) groups excluding carboxylic acids is 2. The second kappa shape index (κ2) is 6.70. The van der Waals surface area contributed by atoms with Crippen LogP contribution in [0.25, 0.3) is 0 Å². The molecular formula is C14H20ClN3O2. The van der Waals surface area contributed by atoms with E-state index in [1.54, 1.807) is 12.1 Å². The zero-order chi connectivity index (χ0) is 15.3. The lowest BCUT2D eigenvalue weighted by Crippen LogP contribution is -2.47. The summed E-state index contributed by atoms with van der Waals surface area (Å²) in [6.07, 6.45) is 1.41. The molecule has 0 aliphatic carbocycles. The molecule has 0 atom stereocenters. The van der Waals surface area contributed by atoms with E-state index in [1.165, 1.54) is 11.1 Å². The van der Waals surface area contributed by atoms with E-state index in [9.17, 15) is 9.59 Å². The van der Waals surface area contributed by atoms with Crippen molar-refractivity contribution in [3.63, 3.8) is 0 Å². The number of nitrogens with zero attached hydrogens (tertiary/aromatic N) is 2. The summed E-state index contributed by atoms with van der Waals surface area (Å²) in [6, 6.07) is 3.15. The summed E-state index contributed by atoms with van der Waals surface area (Å²) in [7, 11) is 0. The van der Waals surface area contributed by atoms with Crippen LogP contribution in [0.5, 0.6) is 0 Å². The molecule has 5 nitrogen and oxygen atoms in total. The Labute approximate surface area is 124 Å². The van der Waals surface area contributed by atoms with Gasteiger partial charge in [-0.05, 0) is 39.8 Å². The summed E-state index contributed by atoms with van der Waals surface area (Å²) in [5.74, 6) is -0.421. The second-order valence-corrected chi connectivity index (χ2v) is 5.87. The van der Waals surface area contributed by atoms with Crippen LogP contribution >= 0.6 is 11.6 Å². The highest BCUT2D eigenvalue weighted by atomic mass is 35.5. The Balaban J connectivity index is 2.73. The highest BCUT2D eigenvalue weighted by Crippen LogP contribution is 2.08. The molecule has 110 valence electrons. The average molecular weight is 298 g/mol. The van der Waals surface area contributed by atoms with E-state index in [-0.39, 0.29) is 23.9 Å². The molecule has 1 aromatic rings. The smallest absolute Gasteiger partial charge is 0.255 e. The van der Waals surface area contributed by atoms with Crippen molar-refractivity contribution in [2.24, 2.45) is 0 Å². The number of carbonyl (C=O) groups is 2. The van der Waals surface area contributed by atoms with Crippen LogP contribution in [0.1, 0.15) is 38.1 Å². The van der Waals surface area contributed by atoms with Crippen LogP contribution < -0.4 is 5.32 Å². The topological polar surface area (TPSA) is 62.3 Å².